The lowest BCUT2D eigenvalue weighted by Crippen LogP contribution is -2.72. The normalized spacial score (nSPS) is 26.3. The van der Waals surface area contributed by atoms with Crippen LogP contribution in [0, 0.1) is 5.92 Å². The summed E-state index contributed by atoms with van der Waals surface area (Å²) in [6.45, 7) is -0.116. The number of fused-ring (bicyclic) bond motifs is 3. The van der Waals surface area contributed by atoms with E-state index in [-0.39, 0.29) is 17.0 Å². The maximum atomic E-state index is 15.8. The van der Waals surface area contributed by atoms with E-state index in [9.17, 15) is 53.1 Å². The lowest BCUT2D eigenvalue weighted by molar-refractivity contribution is -0.457. The maximum Gasteiger partial charge on any atom is 0.460 e. The molecule has 2 aliphatic rings. The fraction of sp³-hybridized carbons (Fsp3) is 0.632. The number of hydrogen-bond donors (Lipinski definition) is 0. The molecule has 35 heavy (non-hydrogen) atoms. The molecule has 0 aromatic heterocycles. The van der Waals surface area contributed by atoms with E-state index in [1.165, 1.54) is 18.2 Å². The maximum absolute atomic E-state index is 15.8. The summed E-state index contributed by atoms with van der Waals surface area (Å²) in [4.78, 5) is 16.7. The summed E-state index contributed by atoms with van der Waals surface area (Å²) >= 11 is 0. The van der Waals surface area contributed by atoms with Crippen LogP contribution in [-0.4, -0.2) is 59.9 Å². The lowest BCUT2D eigenvalue weighted by Gasteiger charge is -2.41. The first-order chi connectivity index (χ1) is 15.8. The second kappa shape index (κ2) is 8.15. The van der Waals surface area contributed by atoms with Crippen molar-refractivity contribution in [3.8, 4) is 0 Å². The van der Waals surface area contributed by atoms with Crippen LogP contribution in [0.4, 0.5) is 52.7 Å². The predicted octanol–water partition coefficient (Wildman–Crippen LogP) is 5.48. The number of rotatable bonds is 6. The fourth-order valence-corrected chi connectivity index (χ4v) is 4.01. The molecule has 1 fully saturated rings. The molecule has 3 rings (SSSR count). The first kappa shape index (κ1) is 27.4. The van der Waals surface area contributed by atoms with Gasteiger partial charge >= 0.3 is 41.7 Å². The van der Waals surface area contributed by atoms with E-state index in [0.29, 0.717) is 5.56 Å². The van der Waals surface area contributed by atoms with E-state index >= 15 is 4.39 Å². The molecular formula is C19H15F12NO3. The molecule has 0 spiro atoms. The summed E-state index contributed by atoms with van der Waals surface area (Å²) in [6, 6.07) is 3.26. The Bertz CT molecular complexity index is 982. The van der Waals surface area contributed by atoms with Crippen molar-refractivity contribution in [2.24, 2.45) is 5.92 Å². The molecule has 2 heterocycles. The zero-order chi connectivity index (χ0) is 26.8. The van der Waals surface area contributed by atoms with Crippen LogP contribution in [-0.2, 0) is 20.8 Å². The van der Waals surface area contributed by atoms with Gasteiger partial charge in [-0.05, 0) is 24.5 Å². The van der Waals surface area contributed by atoms with Crippen molar-refractivity contribution in [2.45, 2.75) is 55.1 Å². The second-order valence-corrected chi connectivity index (χ2v) is 7.80. The van der Waals surface area contributed by atoms with Crippen LogP contribution in [0.2, 0.25) is 0 Å². The molecule has 2 aliphatic heterocycles. The highest BCUT2D eigenvalue weighted by Gasteiger charge is 2.92. The summed E-state index contributed by atoms with van der Waals surface area (Å²) in [6.07, 6.45) is -7.52. The molecule has 0 amide bonds. The summed E-state index contributed by atoms with van der Waals surface area (Å²) in [5.74, 6) is -41.1. The average Bonchev–Trinajstić information content (AvgIpc) is 3.07. The number of halogens is 12. The SMILES string of the molecule is CCOC(=O)[C@H]1[C@@H]2c3ccccc3CCN2O[C@]1(F)C(F)(F)C(F)(F)C(F)(F)C(F)(F)C(F)(F)F. The Kier molecular flexibility index (Phi) is 6.37. The summed E-state index contributed by atoms with van der Waals surface area (Å²) in [5, 5.41) is 0.244. The Morgan fingerprint density at radius 3 is 2.11 bits per heavy atom. The summed E-state index contributed by atoms with van der Waals surface area (Å²) < 4.78 is 170. The van der Waals surface area contributed by atoms with E-state index in [2.05, 4.69) is 9.57 Å². The minimum atomic E-state index is -7.87. The fourth-order valence-electron chi connectivity index (χ4n) is 4.01. The van der Waals surface area contributed by atoms with Crippen LogP contribution in [0.25, 0.3) is 0 Å². The van der Waals surface area contributed by atoms with Crippen LogP contribution in [0.5, 0.6) is 0 Å². The molecule has 16 heteroatoms. The van der Waals surface area contributed by atoms with Gasteiger partial charge in [0.15, 0.2) is 0 Å². The number of ether oxygens (including phenoxy) is 1. The number of carbonyl (C=O) groups excluding carboxylic acids is 1. The van der Waals surface area contributed by atoms with Gasteiger partial charge in [0.25, 0.3) is 0 Å². The molecule has 4 nitrogen and oxygen atoms in total. The van der Waals surface area contributed by atoms with Gasteiger partial charge in [0, 0.05) is 6.54 Å². The van der Waals surface area contributed by atoms with Gasteiger partial charge in [-0.1, -0.05) is 24.3 Å². The molecular weight excluding hydrogens is 518 g/mol. The number of nitrogens with zero attached hydrogens (tertiary/aromatic N) is 1. The molecule has 0 unspecified atom stereocenters. The Morgan fingerprint density at radius 1 is 1.00 bits per heavy atom. The molecule has 0 N–H and O–H groups in total. The summed E-state index contributed by atoms with van der Waals surface area (Å²) in [5.41, 5.74) is 0.155. The number of carbonyl (C=O) groups is 1. The highest BCUT2D eigenvalue weighted by molar-refractivity contribution is 5.76. The minimum absolute atomic E-state index is 0.0947. The molecule has 198 valence electrons. The third kappa shape index (κ3) is 3.57. The summed E-state index contributed by atoms with van der Waals surface area (Å²) in [7, 11) is 0. The molecule has 1 aromatic carbocycles. The Labute approximate surface area is 188 Å². The Balaban J connectivity index is 2.19. The lowest BCUT2D eigenvalue weighted by atomic mass is 9.79. The van der Waals surface area contributed by atoms with E-state index < -0.39 is 66.8 Å². The van der Waals surface area contributed by atoms with Gasteiger partial charge in [0.1, 0.15) is 5.92 Å². The number of hydroxylamine groups is 2. The molecule has 1 saturated heterocycles. The van der Waals surface area contributed by atoms with Gasteiger partial charge in [0.05, 0.1) is 12.6 Å². The number of alkyl halides is 12. The van der Waals surface area contributed by atoms with Crippen molar-refractivity contribution >= 4 is 5.97 Å². The van der Waals surface area contributed by atoms with E-state index in [1.54, 1.807) is 0 Å². The number of esters is 1. The third-order valence-corrected chi connectivity index (χ3v) is 5.76. The van der Waals surface area contributed by atoms with Crippen molar-refractivity contribution in [2.75, 3.05) is 13.2 Å². The number of hydrogen-bond acceptors (Lipinski definition) is 4. The zero-order valence-electron chi connectivity index (χ0n) is 17.3. The monoisotopic (exact) mass is 533 g/mol. The first-order valence-corrected chi connectivity index (χ1v) is 9.76. The van der Waals surface area contributed by atoms with Crippen molar-refractivity contribution in [3.63, 3.8) is 0 Å². The second-order valence-electron chi connectivity index (χ2n) is 7.80. The molecule has 0 saturated carbocycles. The van der Waals surface area contributed by atoms with Crippen LogP contribution in [0.3, 0.4) is 0 Å². The first-order valence-electron chi connectivity index (χ1n) is 9.76. The average molecular weight is 533 g/mol. The molecule has 1 aromatic rings. The highest BCUT2D eigenvalue weighted by atomic mass is 19.4. The predicted molar refractivity (Wildman–Crippen MR) is 90.5 cm³/mol. The van der Waals surface area contributed by atoms with Gasteiger partial charge in [-0.2, -0.15) is 53.4 Å². The van der Waals surface area contributed by atoms with Gasteiger partial charge in [0.2, 0.25) is 0 Å². The van der Waals surface area contributed by atoms with Crippen molar-refractivity contribution in [3.05, 3.63) is 35.4 Å². The van der Waals surface area contributed by atoms with E-state index in [0.717, 1.165) is 13.0 Å². The van der Waals surface area contributed by atoms with Gasteiger partial charge < -0.3 is 4.74 Å². The van der Waals surface area contributed by atoms with Crippen molar-refractivity contribution in [1.82, 2.24) is 5.06 Å². The van der Waals surface area contributed by atoms with E-state index in [1.807, 2.05) is 0 Å². The standard InChI is InChI=1S/C19H15F12NO3/c1-2-34-13(33)11-12-10-6-4-3-5-9(10)7-8-32(12)35-14(11,20)15(21,22)16(23,24)17(25,26)18(27,28)19(29,30)31/h3-6,11-12H,2,7-8H2,1H3/t11-,12+,14+/m1/s1. The van der Waals surface area contributed by atoms with Crippen molar-refractivity contribution < 1.29 is 67.1 Å². The van der Waals surface area contributed by atoms with E-state index in [4.69, 9.17) is 0 Å². The van der Waals surface area contributed by atoms with Crippen molar-refractivity contribution in [1.29, 1.82) is 0 Å². The van der Waals surface area contributed by atoms with Gasteiger partial charge in [-0.25, -0.2) is 9.23 Å². The van der Waals surface area contributed by atoms with Gasteiger partial charge in [-0.15, -0.1) is 0 Å². The Morgan fingerprint density at radius 2 is 1.57 bits per heavy atom. The highest BCUT2D eigenvalue weighted by Crippen LogP contribution is 2.64. The largest absolute Gasteiger partial charge is 0.466 e. The molecule has 0 radical (unpaired) electrons. The topological polar surface area (TPSA) is 38.8 Å². The molecule has 0 bridgehead atoms. The minimum Gasteiger partial charge on any atom is -0.466 e. The van der Waals surface area contributed by atoms with Crippen LogP contribution < -0.4 is 0 Å². The quantitative estimate of drug-likeness (QED) is 0.359. The molecule has 0 aliphatic carbocycles. The smallest absolute Gasteiger partial charge is 0.460 e. The van der Waals surface area contributed by atoms with Crippen LogP contribution in [0.1, 0.15) is 24.1 Å². The van der Waals surface area contributed by atoms with Crippen LogP contribution in [0.15, 0.2) is 24.3 Å². The van der Waals surface area contributed by atoms with Crippen LogP contribution >= 0.6 is 0 Å². The number of benzene rings is 1. The Hall–Kier alpha value is -2.23. The third-order valence-electron chi connectivity index (χ3n) is 5.76. The zero-order valence-corrected chi connectivity index (χ0v) is 17.3. The molecule has 3 atom stereocenters. The van der Waals surface area contributed by atoms with Gasteiger partial charge in [-0.3, -0.25) is 4.79 Å².